The van der Waals surface area contributed by atoms with E-state index >= 15 is 0 Å². The van der Waals surface area contributed by atoms with Crippen molar-refractivity contribution in [1.29, 1.82) is 0 Å². The van der Waals surface area contributed by atoms with Gasteiger partial charge in [-0.15, -0.1) is 0 Å². The molecule has 0 aromatic rings. The summed E-state index contributed by atoms with van der Waals surface area (Å²) < 4.78 is 32.6. The monoisotopic (exact) mass is 832 g/mol. The van der Waals surface area contributed by atoms with Crippen LogP contribution >= 0.6 is 7.82 Å². The molecule has 58 heavy (non-hydrogen) atoms. The molecule has 0 aliphatic heterocycles. The van der Waals surface area contributed by atoms with Gasteiger partial charge in [0.2, 0.25) is 0 Å². The van der Waals surface area contributed by atoms with E-state index in [1.54, 1.807) is 0 Å². The molecule has 328 valence electrons. The number of unbranched alkanes of at least 4 members (excludes halogenated alkanes) is 8. The van der Waals surface area contributed by atoms with Gasteiger partial charge in [-0.2, -0.15) is 0 Å². The first-order valence-corrected chi connectivity index (χ1v) is 22.8. The first kappa shape index (κ1) is 54.4. The fourth-order valence-electron chi connectivity index (χ4n) is 4.99. The van der Waals surface area contributed by atoms with Crippen LogP contribution in [0.25, 0.3) is 0 Å². The zero-order valence-corrected chi connectivity index (χ0v) is 36.2. The number of aliphatic carboxylic acids is 1. The molecular weight excluding hydrogens is 757 g/mol. The van der Waals surface area contributed by atoms with Gasteiger partial charge >= 0.3 is 25.7 Å². The summed E-state index contributed by atoms with van der Waals surface area (Å²) in [7, 11) is -4.74. The van der Waals surface area contributed by atoms with E-state index in [2.05, 4.69) is 103 Å². The van der Waals surface area contributed by atoms with Crippen LogP contribution in [0.1, 0.15) is 142 Å². The summed E-state index contributed by atoms with van der Waals surface area (Å²) in [6, 6.07) is -1.54. The standard InChI is InChI=1S/C46H74NO10P/c1-3-5-7-9-11-13-15-17-19-21-23-25-27-29-31-33-35-37-44(48)54-39-42(40-55-58(52,53)56-41-43(47)46(50)51)57-45(49)38-36-34-32-30-28-26-24-22-20-18-16-14-12-10-8-6-4-2/h5,7,11-14,17-20,23-26,29,31,42-43H,3-4,6,8-10,15-16,21-22,27-28,30,32-41,47H2,1-2H3,(H,50,51)(H,52,53)/b7-5-,13-11-,14-12-,19-17-,20-18-,25-23-,26-24-,31-29-/t42-,43+/m1/s1. The van der Waals surface area contributed by atoms with Crippen molar-refractivity contribution >= 4 is 25.7 Å². The predicted molar refractivity (Wildman–Crippen MR) is 235 cm³/mol. The van der Waals surface area contributed by atoms with Crippen molar-refractivity contribution in [3.05, 3.63) is 97.2 Å². The zero-order chi connectivity index (χ0) is 42.8. The number of carboxylic acids is 1. The molecule has 1 unspecified atom stereocenters. The molecular formula is C46H74NO10P. The number of phosphoric acid groups is 1. The van der Waals surface area contributed by atoms with Gasteiger partial charge in [0.05, 0.1) is 13.2 Å². The van der Waals surface area contributed by atoms with E-state index in [0.717, 1.165) is 77.0 Å². The molecule has 0 bridgehead atoms. The lowest BCUT2D eigenvalue weighted by Crippen LogP contribution is -2.34. The van der Waals surface area contributed by atoms with Crippen LogP contribution < -0.4 is 5.73 Å². The lowest BCUT2D eigenvalue weighted by molar-refractivity contribution is -0.161. The number of phosphoric ester groups is 1. The Labute approximate surface area is 349 Å². The van der Waals surface area contributed by atoms with Gasteiger partial charge in [0.1, 0.15) is 12.6 Å². The van der Waals surface area contributed by atoms with E-state index < -0.39 is 57.7 Å². The van der Waals surface area contributed by atoms with Crippen LogP contribution in [0.4, 0.5) is 0 Å². The zero-order valence-electron chi connectivity index (χ0n) is 35.3. The summed E-state index contributed by atoms with van der Waals surface area (Å²) in [5.41, 5.74) is 5.32. The Bertz CT molecular complexity index is 1350. The molecule has 0 saturated heterocycles. The van der Waals surface area contributed by atoms with E-state index in [0.29, 0.717) is 19.3 Å². The topological polar surface area (TPSA) is 172 Å². The maximum absolute atomic E-state index is 12.6. The van der Waals surface area contributed by atoms with Crippen molar-refractivity contribution in [2.45, 2.75) is 154 Å². The molecule has 12 heteroatoms. The number of carbonyl (C=O) groups excluding carboxylic acids is 2. The van der Waals surface area contributed by atoms with Gasteiger partial charge in [-0.3, -0.25) is 23.4 Å². The molecule has 4 N–H and O–H groups in total. The fraction of sp³-hybridized carbons (Fsp3) is 0.587. The highest BCUT2D eigenvalue weighted by Gasteiger charge is 2.28. The molecule has 0 fully saturated rings. The summed E-state index contributed by atoms with van der Waals surface area (Å²) in [5.74, 6) is -2.50. The first-order chi connectivity index (χ1) is 28.1. The average molecular weight is 832 g/mol. The molecule has 3 atom stereocenters. The number of carboxylic acid groups (broad SMARTS) is 1. The summed E-state index contributed by atoms with van der Waals surface area (Å²) in [6.07, 6.45) is 50.5. The Kier molecular flexibility index (Phi) is 37.7. The number of nitrogens with two attached hydrogens (primary N) is 1. The number of allylic oxidation sites excluding steroid dienone is 16. The predicted octanol–water partition coefficient (Wildman–Crippen LogP) is 11.3. The second kappa shape index (κ2) is 40.2. The van der Waals surface area contributed by atoms with Gasteiger partial charge in [0.15, 0.2) is 6.10 Å². The Balaban J connectivity index is 4.54. The molecule has 0 aromatic carbocycles. The quantitative estimate of drug-likeness (QED) is 0.0234. The number of hydrogen-bond donors (Lipinski definition) is 3. The molecule has 0 rings (SSSR count). The van der Waals surface area contributed by atoms with Gasteiger partial charge in [-0.05, 0) is 89.9 Å². The summed E-state index contributed by atoms with van der Waals surface area (Å²) in [5, 5.41) is 8.89. The van der Waals surface area contributed by atoms with Gasteiger partial charge in [0, 0.05) is 12.8 Å². The molecule has 0 spiro atoms. The molecule has 0 radical (unpaired) electrons. The maximum atomic E-state index is 12.6. The highest BCUT2D eigenvalue weighted by atomic mass is 31.2. The van der Waals surface area contributed by atoms with E-state index in [1.165, 1.54) is 19.3 Å². The first-order valence-electron chi connectivity index (χ1n) is 21.3. The van der Waals surface area contributed by atoms with E-state index in [4.69, 9.17) is 24.8 Å². The summed E-state index contributed by atoms with van der Waals surface area (Å²) in [6.45, 7) is 2.55. The van der Waals surface area contributed by atoms with Gasteiger partial charge in [-0.25, -0.2) is 4.57 Å². The van der Waals surface area contributed by atoms with Crippen molar-refractivity contribution in [3.63, 3.8) is 0 Å². The van der Waals surface area contributed by atoms with Crippen LogP contribution in [0.15, 0.2) is 97.2 Å². The fourth-order valence-corrected chi connectivity index (χ4v) is 5.77. The Morgan fingerprint density at radius 3 is 1.48 bits per heavy atom. The number of rotatable bonds is 38. The van der Waals surface area contributed by atoms with Crippen LogP contribution in [0.3, 0.4) is 0 Å². The van der Waals surface area contributed by atoms with Crippen LogP contribution in [-0.2, 0) is 37.5 Å². The molecule has 0 saturated carbocycles. The van der Waals surface area contributed by atoms with Crippen molar-refractivity contribution in [2.75, 3.05) is 19.8 Å². The molecule has 0 heterocycles. The third-order valence-corrected chi connectivity index (χ3v) is 9.27. The summed E-state index contributed by atoms with van der Waals surface area (Å²) >= 11 is 0. The Morgan fingerprint density at radius 1 is 0.552 bits per heavy atom. The van der Waals surface area contributed by atoms with E-state index in [9.17, 15) is 23.8 Å². The second-order valence-corrected chi connectivity index (χ2v) is 15.2. The molecule has 11 nitrogen and oxygen atoms in total. The van der Waals surface area contributed by atoms with Crippen LogP contribution in [0.5, 0.6) is 0 Å². The van der Waals surface area contributed by atoms with E-state index in [1.807, 2.05) is 12.2 Å². The van der Waals surface area contributed by atoms with Crippen LogP contribution in [-0.4, -0.2) is 59.9 Å². The maximum Gasteiger partial charge on any atom is 0.472 e. The summed E-state index contributed by atoms with van der Waals surface area (Å²) in [4.78, 5) is 45.9. The molecule has 0 aliphatic carbocycles. The molecule has 0 aliphatic rings. The van der Waals surface area contributed by atoms with Crippen LogP contribution in [0.2, 0.25) is 0 Å². The Hall–Kier alpha value is -3.60. The minimum Gasteiger partial charge on any atom is -0.480 e. The number of hydrogen-bond acceptors (Lipinski definition) is 9. The number of esters is 2. The largest absolute Gasteiger partial charge is 0.480 e. The Morgan fingerprint density at radius 2 is 0.983 bits per heavy atom. The van der Waals surface area contributed by atoms with Gasteiger partial charge < -0.3 is 25.2 Å². The minimum absolute atomic E-state index is 0.117. The lowest BCUT2D eigenvalue weighted by atomic mass is 10.1. The normalized spacial score (nSPS) is 14.7. The highest BCUT2D eigenvalue weighted by Crippen LogP contribution is 2.43. The number of ether oxygens (including phenoxy) is 2. The van der Waals surface area contributed by atoms with Crippen molar-refractivity contribution < 1.29 is 47.5 Å². The third-order valence-electron chi connectivity index (χ3n) is 8.32. The second-order valence-electron chi connectivity index (χ2n) is 13.7. The van der Waals surface area contributed by atoms with Gasteiger partial charge in [-0.1, -0.05) is 137 Å². The number of carbonyl (C=O) groups is 3. The SMILES string of the molecule is CC/C=C\C/C=C\C/C=C\C/C=C\C/C=C\CCCC(=O)OC[C@H](COP(=O)(O)OC[C@H](N)C(=O)O)OC(=O)CCCCCC/C=C\C/C=C\C/C=C\CCCCC. The van der Waals surface area contributed by atoms with Crippen molar-refractivity contribution in [2.24, 2.45) is 5.73 Å². The average Bonchev–Trinajstić information content (AvgIpc) is 3.20. The van der Waals surface area contributed by atoms with Crippen molar-refractivity contribution in [3.8, 4) is 0 Å². The highest BCUT2D eigenvalue weighted by molar-refractivity contribution is 7.47. The smallest absolute Gasteiger partial charge is 0.472 e. The van der Waals surface area contributed by atoms with Gasteiger partial charge in [0.25, 0.3) is 0 Å². The van der Waals surface area contributed by atoms with E-state index in [-0.39, 0.29) is 12.8 Å². The molecule has 0 aromatic heterocycles. The minimum atomic E-state index is -4.74. The third kappa shape index (κ3) is 39.2. The van der Waals surface area contributed by atoms with Crippen LogP contribution in [0, 0.1) is 0 Å². The van der Waals surface area contributed by atoms with Crippen molar-refractivity contribution in [1.82, 2.24) is 0 Å². The lowest BCUT2D eigenvalue weighted by Gasteiger charge is -2.20. The molecule has 0 amide bonds.